The number of likely N-dealkylation sites (N-methyl/N-ethyl adjacent to an activating group) is 1. The predicted molar refractivity (Wildman–Crippen MR) is 72.8 cm³/mol. The zero-order valence-corrected chi connectivity index (χ0v) is 11.2. The van der Waals surface area contributed by atoms with Crippen molar-refractivity contribution in [2.24, 2.45) is 0 Å². The average Bonchev–Trinajstić information content (AvgIpc) is 2.37. The Bertz CT molecular complexity index is 482. The number of benzene rings is 1. The fraction of sp³-hybridized carbons (Fsp3) is 0.231. The molecular formula is C13H14BrN3. The summed E-state index contributed by atoms with van der Waals surface area (Å²) in [6, 6.07) is 8.13. The van der Waals surface area contributed by atoms with Crippen LogP contribution >= 0.6 is 15.9 Å². The van der Waals surface area contributed by atoms with Crippen LogP contribution in [0.3, 0.4) is 0 Å². The highest BCUT2D eigenvalue weighted by molar-refractivity contribution is 9.10. The van der Waals surface area contributed by atoms with Gasteiger partial charge in [0, 0.05) is 35.4 Å². The fourth-order valence-electron chi connectivity index (χ4n) is 1.54. The Morgan fingerprint density at radius 1 is 1.18 bits per heavy atom. The van der Waals surface area contributed by atoms with Crippen LogP contribution in [0.25, 0.3) is 11.1 Å². The second-order valence-corrected chi connectivity index (χ2v) is 4.67. The number of hydrogen-bond acceptors (Lipinski definition) is 3. The van der Waals surface area contributed by atoms with Gasteiger partial charge in [-0.3, -0.25) is 0 Å². The third-order valence-corrected chi connectivity index (χ3v) is 2.96. The smallest absolute Gasteiger partial charge is 0.129 e. The molecule has 0 spiro atoms. The summed E-state index contributed by atoms with van der Waals surface area (Å²) in [6.07, 6.45) is 4.61. The van der Waals surface area contributed by atoms with E-state index in [1.165, 1.54) is 0 Å². The first-order chi connectivity index (χ1) is 8.29. The molecule has 0 radical (unpaired) electrons. The first kappa shape index (κ1) is 12.2. The lowest BCUT2D eigenvalue weighted by Gasteiger charge is -2.03. The Morgan fingerprint density at radius 2 is 1.94 bits per heavy atom. The van der Waals surface area contributed by atoms with Gasteiger partial charge in [0.2, 0.25) is 0 Å². The lowest BCUT2D eigenvalue weighted by atomic mass is 10.1. The summed E-state index contributed by atoms with van der Waals surface area (Å²) in [5.74, 6) is 0.873. The van der Waals surface area contributed by atoms with Gasteiger partial charge in [0.25, 0.3) is 0 Å². The maximum Gasteiger partial charge on any atom is 0.129 e. The van der Waals surface area contributed by atoms with Gasteiger partial charge in [-0.15, -0.1) is 0 Å². The molecule has 0 saturated carbocycles. The van der Waals surface area contributed by atoms with E-state index in [1.807, 2.05) is 31.6 Å². The van der Waals surface area contributed by atoms with Gasteiger partial charge < -0.3 is 5.32 Å². The molecule has 1 N–H and O–H groups in total. The summed E-state index contributed by atoms with van der Waals surface area (Å²) < 4.78 is 1.06. The van der Waals surface area contributed by atoms with Gasteiger partial charge in [0.1, 0.15) is 5.82 Å². The second-order valence-electron chi connectivity index (χ2n) is 3.75. The van der Waals surface area contributed by atoms with Gasteiger partial charge in [-0.05, 0) is 24.7 Å². The topological polar surface area (TPSA) is 37.8 Å². The molecule has 0 aliphatic rings. The Hall–Kier alpha value is -1.26. The molecule has 0 bridgehead atoms. The molecule has 0 fully saturated rings. The van der Waals surface area contributed by atoms with Crippen LogP contribution in [0.5, 0.6) is 0 Å². The first-order valence-corrected chi connectivity index (χ1v) is 6.30. The average molecular weight is 292 g/mol. The van der Waals surface area contributed by atoms with Crippen LogP contribution in [0.2, 0.25) is 0 Å². The largest absolute Gasteiger partial charge is 0.319 e. The monoisotopic (exact) mass is 291 g/mol. The van der Waals surface area contributed by atoms with E-state index in [9.17, 15) is 0 Å². The minimum absolute atomic E-state index is 0.856. The molecule has 0 amide bonds. The van der Waals surface area contributed by atoms with Crippen LogP contribution in [0, 0.1) is 0 Å². The van der Waals surface area contributed by atoms with E-state index in [-0.39, 0.29) is 0 Å². The van der Waals surface area contributed by atoms with Crippen molar-refractivity contribution in [3.8, 4) is 11.1 Å². The molecule has 0 saturated heterocycles. The Morgan fingerprint density at radius 3 is 2.59 bits per heavy atom. The summed E-state index contributed by atoms with van der Waals surface area (Å²) in [5, 5.41) is 3.08. The number of halogens is 1. The maximum atomic E-state index is 4.36. The van der Waals surface area contributed by atoms with Crippen molar-refractivity contribution in [2.45, 2.75) is 6.42 Å². The standard InChI is InChI=1S/C13H14BrN3/c1-15-6-5-13-16-8-11(9-17-13)10-3-2-4-12(14)7-10/h2-4,7-9,15H,5-6H2,1H3. The van der Waals surface area contributed by atoms with Crippen molar-refractivity contribution >= 4 is 15.9 Å². The lowest BCUT2D eigenvalue weighted by molar-refractivity contribution is 0.755. The molecule has 1 heterocycles. The molecule has 1 aromatic carbocycles. The Kier molecular flexibility index (Phi) is 4.23. The van der Waals surface area contributed by atoms with Crippen LogP contribution < -0.4 is 5.32 Å². The number of hydrogen-bond donors (Lipinski definition) is 1. The van der Waals surface area contributed by atoms with Gasteiger partial charge in [-0.2, -0.15) is 0 Å². The zero-order valence-electron chi connectivity index (χ0n) is 9.65. The van der Waals surface area contributed by atoms with Crippen LogP contribution in [-0.2, 0) is 6.42 Å². The molecule has 88 valence electrons. The Balaban J connectivity index is 2.17. The molecule has 17 heavy (non-hydrogen) atoms. The third-order valence-electron chi connectivity index (χ3n) is 2.46. The van der Waals surface area contributed by atoms with Crippen LogP contribution in [0.4, 0.5) is 0 Å². The second kappa shape index (κ2) is 5.89. The van der Waals surface area contributed by atoms with E-state index in [4.69, 9.17) is 0 Å². The molecule has 0 aliphatic heterocycles. The van der Waals surface area contributed by atoms with E-state index in [0.717, 1.165) is 34.4 Å². The quantitative estimate of drug-likeness (QED) is 0.941. The van der Waals surface area contributed by atoms with Crippen molar-refractivity contribution in [2.75, 3.05) is 13.6 Å². The number of aromatic nitrogens is 2. The van der Waals surface area contributed by atoms with Crippen molar-refractivity contribution in [1.29, 1.82) is 0 Å². The Labute approximate surface area is 109 Å². The molecule has 1 aromatic heterocycles. The molecule has 0 aliphatic carbocycles. The van der Waals surface area contributed by atoms with Gasteiger partial charge in [-0.25, -0.2) is 9.97 Å². The van der Waals surface area contributed by atoms with Gasteiger partial charge in [0.05, 0.1) is 0 Å². The number of nitrogens with zero attached hydrogens (tertiary/aromatic N) is 2. The molecular weight excluding hydrogens is 278 g/mol. The van der Waals surface area contributed by atoms with Gasteiger partial charge in [-0.1, -0.05) is 28.1 Å². The summed E-state index contributed by atoms with van der Waals surface area (Å²) in [5.41, 5.74) is 2.17. The SMILES string of the molecule is CNCCc1ncc(-c2cccc(Br)c2)cn1. The van der Waals surface area contributed by atoms with Crippen molar-refractivity contribution < 1.29 is 0 Å². The van der Waals surface area contributed by atoms with Crippen molar-refractivity contribution in [3.63, 3.8) is 0 Å². The summed E-state index contributed by atoms with van der Waals surface area (Å²) in [4.78, 5) is 8.71. The van der Waals surface area contributed by atoms with Gasteiger partial charge >= 0.3 is 0 Å². The van der Waals surface area contributed by atoms with E-state index < -0.39 is 0 Å². The van der Waals surface area contributed by atoms with E-state index in [0.29, 0.717) is 0 Å². The third kappa shape index (κ3) is 3.35. The van der Waals surface area contributed by atoms with Crippen LogP contribution in [0.1, 0.15) is 5.82 Å². The highest BCUT2D eigenvalue weighted by Crippen LogP contribution is 2.21. The molecule has 2 rings (SSSR count). The van der Waals surface area contributed by atoms with Gasteiger partial charge in [0.15, 0.2) is 0 Å². The van der Waals surface area contributed by atoms with Crippen LogP contribution in [-0.4, -0.2) is 23.6 Å². The minimum Gasteiger partial charge on any atom is -0.319 e. The molecule has 3 nitrogen and oxygen atoms in total. The maximum absolute atomic E-state index is 4.36. The fourth-order valence-corrected chi connectivity index (χ4v) is 1.94. The number of nitrogens with one attached hydrogen (secondary N) is 1. The zero-order chi connectivity index (χ0) is 12.1. The lowest BCUT2D eigenvalue weighted by Crippen LogP contribution is -2.12. The minimum atomic E-state index is 0.856. The number of rotatable bonds is 4. The van der Waals surface area contributed by atoms with Crippen molar-refractivity contribution in [3.05, 3.63) is 47.0 Å². The molecule has 0 atom stereocenters. The summed E-state index contributed by atoms with van der Waals surface area (Å²) in [7, 11) is 1.93. The molecule has 0 unspecified atom stereocenters. The summed E-state index contributed by atoms with van der Waals surface area (Å²) in [6.45, 7) is 0.899. The van der Waals surface area contributed by atoms with Crippen LogP contribution in [0.15, 0.2) is 41.1 Å². The van der Waals surface area contributed by atoms with Crippen molar-refractivity contribution in [1.82, 2.24) is 15.3 Å². The van der Waals surface area contributed by atoms with E-state index in [1.54, 1.807) is 0 Å². The molecule has 2 aromatic rings. The highest BCUT2D eigenvalue weighted by atomic mass is 79.9. The predicted octanol–water partition coefficient (Wildman–Crippen LogP) is 2.67. The molecule has 4 heteroatoms. The summed E-state index contributed by atoms with van der Waals surface area (Å²) >= 11 is 3.46. The van der Waals surface area contributed by atoms with E-state index >= 15 is 0 Å². The normalized spacial score (nSPS) is 10.5. The first-order valence-electron chi connectivity index (χ1n) is 5.51. The van der Waals surface area contributed by atoms with E-state index in [2.05, 4.69) is 43.3 Å². The highest BCUT2D eigenvalue weighted by Gasteiger charge is 2.00.